The fraction of sp³-hybridized carbons (Fsp3) is 0.267. The Bertz CT molecular complexity index is 480. The number of anilines is 1. The second kappa shape index (κ2) is 5.65. The first-order valence-electron chi connectivity index (χ1n) is 6.05. The molecule has 1 heterocycles. The van der Waals surface area contributed by atoms with Crippen LogP contribution in [0.1, 0.15) is 24.2 Å². The van der Waals surface area contributed by atoms with Crippen molar-refractivity contribution in [1.82, 2.24) is 4.98 Å². The Morgan fingerprint density at radius 1 is 1.11 bits per heavy atom. The summed E-state index contributed by atoms with van der Waals surface area (Å²) in [5.41, 5.74) is 3.30. The number of nitrogens with zero attached hydrogens (tertiary/aromatic N) is 2. The van der Waals surface area contributed by atoms with Crippen LogP contribution in [0.2, 0.25) is 0 Å². The molecular formula is C15H18N2O. The van der Waals surface area contributed by atoms with Crippen LogP contribution in [0.4, 0.5) is 5.69 Å². The average molecular weight is 242 g/mol. The van der Waals surface area contributed by atoms with E-state index in [0.717, 1.165) is 17.8 Å². The Labute approximate surface area is 108 Å². The summed E-state index contributed by atoms with van der Waals surface area (Å²) in [6.07, 6.45) is 3.20. The summed E-state index contributed by atoms with van der Waals surface area (Å²) >= 11 is 0. The SMILES string of the molecule is C[C@@H](O)c1ccc(N(C)Cc2ccncc2)cc1. The van der Waals surface area contributed by atoms with Gasteiger partial charge in [0.1, 0.15) is 0 Å². The highest BCUT2D eigenvalue weighted by Crippen LogP contribution is 2.19. The Hall–Kier alpha value is -1.87. The van der Waals surface area contributed by atoms with Crippen LogP contribution in [0.15, 0.2) is 48.8 Å². The summed E-state index contributed by atoms with van der Waals surface area (Å²) in [5.74, 6) is 0. The topological polar surface area (TPSA) is 36.4 Å². The second-order valence-corrected chi connectivity index (χ2v) is 4.48. The maximum Gasteiger partial charge on any atom is 0.0761 e. The van der Waals surface area contributed by atoms with Crippen LogP contribution in [-0.4, -0.2) is 17.1 Å². The summed E-state index contributed by atoms with van der Waals surface area (Å²) in [6, 6.07) is 12.0. The van der Waals surface area contributed by atoms with Gasteiger partial charge in [-0.15, -0.1) is 0 Å². The number of pyridine rings is 1. The first-order chi connectivity index (χ1) is 8.66. The van der Waals surface area contributed by atoms with Gasteiger partial charge in [-0.05, 0) is 42.3 Å². The van der Waals surface area contributed by atoms with E-state index >= 15 is 0 Å². The zero-order valence-electron chi connectivity index (χ0n) is 10.7. The van der Waals surface area contributed by atoms with Crippen LogP contribution in [0.25, 0.3) is 0 Å². The number of aromatic nitrogens is 1. The van der Waals surface area contributed by atoms with Gasteiger partial charge < -0.3 is 10.0 Å². The summed E-state index contributed by atoms with van der Waals surface area (Å²) in [4.78, 5) is 6.18. The van der Waals surface area contributed by atoms with Crippen molar-refractivity contribution >= 4 is 5.69 Å². The van der Waals surface area contributed by atoms with Crippen molar-refractivity contribution in [3.05, 3.63) is 59.9 Å². The minimum absolute atomic E-state index is 0.412. The predicted octanol–water partition coefficient (Wildman–Crippen LogP) is 2.77. The van der Waals surface area contributed by atoms with E-state index in [9.17, 15) is 5.11 Å². The van der Waals surface area contributed by atoms with Crippen molar-refractivity contribution in [3.8, 4) is 0 Å². The van der Waals surface area contributed by atoms with E-state index in [0.29, 0.717) is 0 Å². The lowest BCUT2D eigenvalue weighted by molar-refractivity contribution is 0.199. The van der Waals surface area contributed by atoms with Crippen LogP contribution < -0.4 is 4.90 Å². The molecule has 0 saturated carbocycles. The number of benzene rings is 1. The molecule has 2 rings (SSSR count). The average Bonchev–Trinajstić information content (AvgIpc) is 2.40. The van der Waals surface area contributed by atoms with Crippen molar-refractivity contribution in [2.45, 2.75) is 19.6 Å². The van der Waals surface area contributed by atoms with Crippen molar-refractivity contribution in [3.63, 3.8) is 0 Å². The molecule has 0 bridgehead atoms. The van der Waals surface area contributed by atoms with Gasteiger partial charge in [0.15, 0.2) is 0 Å². The van der Waals surface area contributed by atoms with Crippen molar-refractivity contribution in [2.75, 3.05) is 11.9 Å². The summed E-state index contributed by atoms with van der Waals surface area (Å²) in [7, 11) is 2.05. The smallest absolute Gasteiger partial charge is 0.0761 e. The number of hydrogen-bond donors (Lipinski definition) is 1. The van der Waals surface area contributed by atoms with Gasteiger partial charge in [-0.3, -0.25) is 4.98 Å². The minimum Gasteiger partial charge on any atom is -0.389 e. The van der Waals surface area contributed by atoms with Crippen molar-refractivity contribution in [1.29, 1.82) is 0 Å². The van der Waals surface area contributed by atoms with Crippen molar-refractivity contribution < 1.29 is 5.11 Å². The van der Waals surface area contributed by atoms with E-state index in [1.165, 1.54) is 5.56 Å². The zero-order chi connectivity index (χ0) is 13.0. The molecule has 94 valence electrons. The van der Waals surface area contributed by atoms with Crippen LogP contribution in [0.5, 0.6) is 0 Å². The standard InChI is InChI=1S/C15H18N2O/c1-12(18)14-3-5-15(6-4-14)17(2)11-13-7-9-16-10-8-13/h3-10,12,18H,11H2,1-2H3/t12-/m1/s1. The van der Waals surface area contributed by atoms with Gasteiger partial charge >= 0.3 is 0 Å². The molecule has 0 unspecified atom stereocenters. The highest BCUT2D eigenvalue weighted by molar-refractivity contribution is 5.47. The molecule has 0 saturated heterocycles. The van der Waals surface area contributed by atoms with Gasteiger partial charge in [-0.25, -0.2) is 0 Å². The third kappa shape index (κ3) is 3.08. The van der Waals surface area contributed by atoms with Crippen LogP contribution in [0.3, 0.4) is 0 Å². The third-order valence-electron chi connectivity index (χ3n) is 2.99. The van der Waals surface area contributed by atoms with Gasteiger partial charge in [-0.2, -0.15) is 0 Å². The largest absolute Gasteiger partial charge is 0.389 e. The molecule has 1 aromatic carbocycles. The lowest BCUT2D eigenvalue weighted by atomic mass is 10.1. The Balaban J connectivity index is 2.07. The lowest BCUT2D eigenvalue weighted by Crippen LogP contribution is -2.16. The summed E-state index contributed by atoms with van der Waals surface area (Å²) in [6.45, 7) is 2.62. The lowest BCUT2D eigenvalue weighted by Gasteiger charge is -2.20. The summed E-state index contributed by atoms with van der Waals surface area (Å²) < 4.78 is 0. The molecule has 1 atom stereocenters. The molecule has 0 fully saturated rings. The highest BCUT2D eigenvalue weighted by atomic mass is 16.3. The van der Waals surface area contributed by atoms with Gasteiger partial charge in [0, 0.05) is 31.7 Å². The Morgan fingerprint density at radius 2 is 1.72 bits per heavy atom. The van der Waals surface area contributed by atoms with Crippen molar-refractivity contribution in [2.24, 2.45) is 0 Å². The van der Waals surface area contributed by atoms with E-state index in [-0.39, 0.29) is 0 Å². The Kier molecular flexibility index (Phi) is 3.95. The molecule has 1 N–H and O–H groups in total. The van der Waals surface area contributed by atoms with E-state index < -0.39 is 6.10 Å². The fourth-order valence-electron chi connectivity index (χ4n) is 1.86. The van der Waals surface area contributed by atoms with Gasteiger partial charge in [0.2, 0.25) is 0 Å². The van der Waals surface area contributed by atoms with E-state index in [1.54, 1.807) is 19.3 Å². The molecule has 0 amide bonds. The summed E-state index contributed by atoms with van der Waals surface area (Å²) in [5, 5.41) is 9.47. The molecule has 2 aromatic rings. The molecule has 0 aliphatic rings. The number of rotatable bonds is 4. The van der Waals surface area contributed by atoms with Gasteiger partial charge in [-0.1, -0.05) is 12.1 Å². The molecule has 18 heavy (non-hydrogen) atoms. The maximum atomic E-state index is 9.47. The normalized spacial score (nSPS) is 12.2. The fourth-order valence-corrected chi connectivity index (χ4v) is 1.86. The minimum atomic E-state index is -0.412. The first-order valence-corrected chi connectivity index (χ1v) is 6.05. The second-order valence-electron chi connectivity index (χ2n) is 4.48. The number of aliphatic hydroxyl groups is 1. The maximum absolute atomic E-state index is 9.47. The molecule has 1 aromatic heterocycles. The van der Waals surface area contributed by atoms with Gasteiger partial charge in [0.25, 0.3) is 0 Å². The van der Waals surface area contributed by atoms with Crippen LogP contribution >= 0.6 is 0 Å². The van der Waals surface area contributed by atoms with Gasteiger partial charge in [0.05, 0.1) is 6.10 Å². The number of hydrogen-bond acceptors (Lipinski definition) is 3. The molecule has 0 spiro atoms. The molecule has 3 heteroatoms. The van der Waals surface area contributed by atoms with E-state index in [4.69, 9.17) is 0 Å². The van der Waals surface area contributed by atoms with E-state index in [2.05, 4.69) is 16.9 Å². The quantitative estimate of drug-likeness (QED) is 0.895. The molecular weight excluding hydrogens is 224 g/mol. The monoisotopic (exact) mass is 242 g/mol. The molecule has 0 aliphatic carbocycles. The zero-order valence-corrected chi connectivity index (χ0v) is 10.7. The number of aliphatic hydroxyl groups excluding tert-OH is 1. The van der Waals surface area contributed by atoms with Crippen LogP contribution in [-0.2, 0) is 6.54 Å². The Morgan fingerprint density at radius 3 is 2.28 bits per heavy atom. The molecule has 0 radical (unpaired) electrons. The highest BCUT2D eigenvalue weighted by Gasteiger charge is 2.04. The van der Waals surface area contributed by atoms with Crippen LogP contribution in [0, 0.1) is 0 Å². The molecule has 3 nitrogen and oxygen atoms in total. The van der Waals surface area contributed by atoms with E-state index in [1.807, 2.05) is 36.4 Å². The third-order valence-corrected chi connectivity index (χ3v) is 2.99. The molecule has 0 aliphatic heterocycles. The first kappa shape index (κ1) is 12.6. The predicted molar refractivity (Wildman–Crippen MR) is 73.4 cm³/mol.